The van der Waals surface area contributed by atoms with E-state index in [1.807, 2.05) is 38.1 Å². The van der Waals surface area contributed by atoms with Gasteiger partial charge < -0.3 is 16.2 Å². The first-order valence-electron chi connectivity index (χ1n) is 5.59. The van der Waals surface area contributed by atoms with E-state index >= 15 is 0 Å². The van der Waals surface area contributed by atoms with Crippen LogP contribution in [-0.2, 0) is 0 Å². The average molecular weight is 245 g/mol. The molecule has 0 fully saturated rings. The van der Waals surface area contributed by atoms with E-state index in [1.165, 1.54) is 0 Å². The third-order valence-corrected chi connectivity index (χ3v) is 2.16. The number of ether oxygens (including phenoxy) is 1. The van der Waals surface area contributed by atoms with Crippen LogP contribution in [0.3, 0.4) is 0 Å². The van der Waals surface area contributed by atoms with E-state index in [1.54, 1.807) is 0 Å². The minimum atomic E-state index is 0.0580. The van der Waals surface area contributed by atoms with Crippen molar-refractivity contribution in [2.45, 2.75) is 20.0 Å². The smallest absolute Gasteiger partial charge is 0.225 e. The first kappa shape index (κ1) is 12.1. The first-order valence-corrected chi connectivity index (χ1v) is 5.59. The minimum absolute atomic E-state index is 0.0580. The quantitative estimate of drug-likeness (QED) is 0.849. The zero-order valence-electron chi connectivity index (χ0n) is 10.3. The number of para-hydroxylation sites is 1. The third-order valence-electron chi connectivity index (χ3n) is 2.16. The van der Waals surface area contributed by atoms with Crippen LogP contribution in [0.2, 0.25) is 0 Å². The molecule has 6 nitrogen and oxygen atoms in total. The van der Waals surface area contributed by atoms with Crippen molar-refractivity contribution in [1.29, 1.82) is 0 Å². The van der Waals surface area contributed by atoms with Crippen molar-refractivity contribution in [2.75, 3.05) is 11.5 Å². The second-order valence-corrected chi connectivity index (χ2v) is 4.04. The lowest BCUT2D eigenvalue weighted by atomic mass is 10.2. The number of benzene rings is 1. The lowest BCUT2D eigenvalue weighted by Crippen LogP contribution is -2.08. The largest absolute Gasteiger partial charge is 0.490 e. The van der Waals surface area contributed by atoms with Crippen LogP contribution in [0.25, 0.3) is 11.4 Å². The second kappa shape index (κ2) is 4.87. The Hall–Kier alpha value is -2.37. The number of hydrogen-bond acceptors (Lipinski definition) is 6. The van der Waals surface area contributed by atoms with Gasteiger partial charge in [-0.05, 0) is 26.0 Å². The van der Waals surface area contributed by atoms with Crippen molar-refractivity contribution >= 4 is 11.9 Å². The monoisotopic (exact) mass is 245 g/mol. The van der Waals surface area contributed by atoms with Crippen molar-refractivity contribution in [3.63, 3.8) is 0 Å². The molecule has 0 bridgehead atoms. The first-order chi connectivity index (χ1) is 8.56. The van der Waals surface area contributed by atoms with Crippen LogP contribution in [-0.4, -0.2) is 21.1 Å². The molecule has 4 N–H and O–H groups in total. The molecule has 0 radical (unpaired) electrons. The van der Waals surface area contributed by atoms with Crippen molar-refractivity contribution in [3.05, 3.63) is 24.3 Å². The fourth-order valence-electron chi connectivity index (χ4n) is 1.54. The standard InChI is InChI=1S/C12H15N5O/c1-7(2)18-9-6-4-3-5-8(9)10-15-11(13)17-12(14)16-10/h3-7H,1-2H3,(H4,13,14,15,16,17). The average Bonchev–Trinajstić information content (AvgIpc) is 2.27. The molecule has 1 heterocycles. The van der Waals surface area contributed by atoms with Gasteiger partial charge in [0.15, 0.2) is 5.82 Å². The molecule has 0 aliphatic carbocycles. The Morgan fingerprint density at radius 2 is 1.61 bits per heavy atom. The van der Waals surface area contributed by atoms with Crippen LogP contribution in [0.15, 0.2) is 24.3 Å². The Balaban J connectivity index is 2.49. The van der Waals surface area contributed by atoms with Gasteiger partial charge in [0.25, 0.3) is 0 Å². The van der Waals surface area contributed by atoms with E-state index in [9.17, 15) is 0 Å². The topological polar surface area (TPSA) is 99.9 Å². The zero-order chi connectivity index (χ0) is 13.1. The zero-order valence-corrected chi connectivity index (χ0v) is 10.3. The molecule has 0 saturated carbocycles. The van der Waals surface area contributed by atoms with E-state index in [2.05, 4.69) is 15.0 Å². The summed E-state index contributed by atoms with van der Waals surface area (Å²) in [5.74, 6) is 1.29. The van der Waals surface area contributed by atoms with Gasteiger partial charge in [0.2, 0.25) is 11.9 Å². The molecule has 2 aromatic rings. The Kier molecular flexibility index (Phi) is 3.27. The summed E-state index contributed by atoms with van der Waals surface area (Å²) in [6.07, 6.45) is 0.0580. The molecule has 2 rings (SSSR count). The van der Waals surface area contributed by atoms with Crippen LogP contribution in [0.5, 0.6) is 5.75 Å². The SMILES string of the molecule is CC(C)Oc1ccccc1-c1nc(N)nc(N)n1. The summed E-state index contributed by atoms with van der Waals surface area (Å²) in [7, 11) is 0. The number of nitrogens with two attached hydrogens (primary N) is 2. The van der Waals surface area contributed by atoms with Gasteiger partial charge in [-0.1, -0.05) is 12.1 Å². The van der Waals surface area contributed by atoms with Gasteiger partial charge in [-0.15, -0.1) is 0 Å². The van der Waals surface area contributed by atoms with E-state index in [4.69, 9.17) is 16.2 Å². The molecule has 0 atom stereocenters. The fourth-order valence-corrected chi connectivity index (χ4v) is 1.54. The molecule has 0 amide bonds. The summed E-state index contributed by atoms with van der Waals surface area (Å²) >= 11 is 0. The summed E-state index contributed by atoms with van der Waals surface area (Å²) in [5.41, 5.74) is 11.9. The van der Waals surface area contributed by atoms with Gasteiger partial charge in [0.05, 0.1) is 11.7 Å². The summed E-state index contributed by atoms with van der Waals surface area (Å²) in [5, 5.41) is 0. The Morgan fingerprint density at radius 1 is 1.00 bits per heavy atom. The van der Waals surface area contributed by atoms with Crippen molar-refractivity contribution in [3.8, 4) is 17.1 Å². The number of anilines is 2. The van der Waals surface area contributed by atoms with Crippen LogP contribution >= 0.6 is 0 Å². The highest BCUT2D eigenvalue weighted by Crippen LogP contribution is 2.28. The van der Waals surface area contributed by atoms with E-state index in [0.717, 1.165) is 5.56 Å². The molecule has 0 saturated heterocycles. The molecule has 6 heteroatoms. The molecule has 1 aromatic carbocycles. The number of hydrogen-bond donors (Lipinski definition) is 2. The Bertz CT molecular complexity index is 536. The molecule has 0 unspecified atom stereocenters. The number of rotatable bonds is 3. The number of nitrogens with zero attached hydrogens (tertiary/aromatic N) is 3. The van der Waals surface area contributed by atoms with Crippen LogP contribution < -0.4 is 16.2 Å². The molecule has 0 aliphatic heterocycles. The number of nitrogen functional groups attached to an aromatic ring is 2. The van der Waals surface area contributed by atoms with Gasteiger partial charge in [-0.25, -0.2) is 0 Å². The van der Waals surface area contributed by atoms with E-state index in [0.29, 0.717) is 11.6 Å². The summed E-state index contributed by atoms with van der Waals surface area (Å²) in [6, 6.07) is 7.46. The molecular formula is C12H15N5O. The normalized spacial score (nSPS) is 10.6. The third kappa shape index (κ3) is 2.65. The van der Waals surface area contributed by atoms with Gasteiger partial charge in [0, 0.05) is 0 Å². The Morgan fingerprint density at radius 3 is 2.22 bits per heavy atom. The molecule has 94 valence electrons. The summed E-state index contributed by atoms with van der Waals surface area (Å²) in [6.45, 7) is 3.90. The van der Waals surface area contributed by atoms with Gasteiger partial charge in [-0.3, -0.25) is 0 Å². The second-order valence-electron chi connectivity index (χ2n) is 4.04. The predicted octanol–water partition coefficient (Wildman–Crippen LogP) is 1.49. The molecule has 1 aromatic heterocycles. The van der Waals surface area contributed by atoms with Gasteiger partial charge >= 0.3 is 0 Å². The highest BCUT2D eigenvalue weighted by atomic mass is 16.5. The summed E-state index contributed by atoms with van der Waals surface area (Å²) in [4.78, 5) is 11.9. The fraction of sp³-hybridized carbons (Fsp3) is 0.250. The van der Waals surface area contributed by atoms with E-state index in [-0.39, 0.29) is 18.0 Å². The van der Waals surface area contributed by atoms with Crippen LogP contribution in [0.4, 0.5) is 11.9 Å². The molecular weight excluding hydrogens is 230 g/mol. The van der Waals surface area contributed by atoms with Gasteiger partial charge in [0.1, 0.15) is 5.75 Å². The molecule has 0 aliphatic rings. The number of aromatic nitrogens is 3. The van der Waals surface area contributed by atoms with E-state index < -0.39 is 0 Å². The van der Waals surface area contributed by atoms with Crippen molar-refractivity contribution < 1.29 is 4.74 Å². The van der Waals surface area contributed by atoms with Crippen molar-refractivity contribution in [1.82, 2.24) is 15.0 Å². The highest BCUT2D eigenvalue weighted by Gasteiger charge is 2.11. The van der Waals surface area contributed by atoms with Crippen molar-refractivity contribution in [2.24, 2.45) is 0 Å². The summed E-state index contributed by atoms with van der Waals surface area (Å²) < 4.78 is 5.70. The predicted molar refractivity (Wildman–Crippen MR) is 69.9 cm³/mol. The maximum atomic E-state index is 5.70. The van der Waals surface area contributed by atoms with Gasteiger partial charge in [-0.2, -0.15) is 15.0 Å². The van der Waals surface area contributed by atoms with Crippen LogP contribution in [0.1, 0.15) is 13.8 Å². The maximum absolute atomic E-state index is 5.70. The lowest BCUT2D eigenvalue weighted by molar-refractivity contribution is 0.243. The lowest BCUT2D eigenvalue weighted by Gasteiger charge is -2.13. The van der Waals surface area contributed by atoms with Crippen LogP contribution in [0, 0.1) is 0 Å². The minimum Gasteiger partial charge on any atom is -0.490 e. The molecule has 18 heavy (non-hydrogen) atoms. The molecule has 0 spiro atoms. The Labute approximate surface area is 105 Å². The maximum Gasteiger partial charge on any atom is 0.225 e. The highest BCUT2D eigenvalue weighted by molar-refractivity contribution is 5.65.